The summed E-state index contributed by atoms with van der Waals surface area (Å²) in [7, 11) is 0. The smallest absolute Gasteiger partial charge is 0.338 e. The molecule has 2 heterocycles. The topological polar surface area (TPSA) is 78.2 Å². The molecule has 0 bridgehead atoms. The molecule has 4 aromatic rings. The highest BCUT2D eigenvalue weighted by atomic mass is 16.5. The van der Waals surface area contributed by atoms with Crippen LogP contribution in [-0.2, 0) is 4.74 Å². The fraction of sp³-hybridized carbons (Fsp3) is 0.125. The summed E-state index contributed by atoms with van der Waals surface area (Å²) in [5, 5.41) is 7.34. The Kier molecular flexibility index (Phi) is 5.66. The van der Waals surface area contributed by atoms with Gasteiger partial charge in [-0.05, 0) is 62.4 Å². The summed E-state index contributed by atoms with van der Waals surface area (Å²) in [5.74, 6) is -0.0601. The molecule has 2 aromatic carbocycles. The van der Waals surface area contributed by atoms with E-state index in [0.29, 0.717) is 29.2 Å². The number of nitrogens with one attached hydrogen (secondary N) is 1. The van der Waals surface area contributed by atoms with E-state index in [-0.39, 0.29) is 5.91 Å². The molecular weight excluding hydrogens is 392 g/mol. The van der Waals surface area contributed by atoms with Crippen LogP contribution in [0.4, 0.5) is 5.69 Å². The van der Waals surface area contributed by atoms with Gasteiger partial charge >= 0.3 is 5.97 Å². The number of aromatic nitrogens is 3. The van der Waals surface area contributed by atoms with Gasteiger partial charge in [-0.15, -0.1) is 0 Å². The van der Waals surface area contributed by atoms with Crippen molar-refractivity contribution in [3.8, 4) is 11.5 Å². The lowest BCUT2D eigenvalue weighted by Gasteiger charge is -2.12. The van der Waals surface area contributed by atoms with Crippen LogP contribution in [0.2, 0.25) is 0 Å². The number of carbonyl (C=O) groups excluding carboxylic acids is 2. The Morgan fingerprint density at radius 2 is 1.68 bits per heavy atom. The Bertz CT molecular complexity index is 1190. The quantitative estimate of drug-likeness (QED) is 0.475. The Morgan fingerprint density at radius 3 is 2.32 bits per heavy atom. The summed E-state index contributed by atoms with van der Waals surface area (Å²) in [6.07, 6.45) is 5.29. The number of anilines is 1. The Balaban J connectivity index is 1.64. The largest absolute Gasteiger partial charge is 0.462 e. The summed E-state index contributed by atoms with van der Waals surface area (Å²) in [4.78, 5) is 24.9. The number of aryl methyl sites for hydroxylation is 1. The second kappa shape index (κ2) is 8.71. The highest BCUT2D eigenvalue weighted by Crippen LogP contribution is 2.22. The molecule has 0 spiro atoms. The average molecular weight is 414 g/mol. The third-order valence-electron chi connectivity index (χ3n) is 4.77. The summed E-state index contributed by atoms with van der Waals surface area (Å²) >= 11 is 0. The number of ether oxygens (including phenoxy) is 1. The van der Waals surface area contributed by atoms with Crippen molar-refractivity contribution in [3.63, 3.8) is 0 Å². The fourth-order valence-corrected chi connectivity index (χ4v) is 3.20. The molecular formula is C24H22N4O3. The van der Waals surface area contributed by atoms with E-state index < -0.39 is 5.97 Å². The predicted molar refractivity (Wildman–Crippen MR) is 118 cm³/mol. The molecule has 1 N–H and O–H groups in total. The number of hydrogen-bond donors (Lipinski definition) is 1. The molecule has 0 saturated carbocycles. The van der Waals surface area contributed by atoms with Gasteiger partial charge in [0.2, 0.25) is 0 Å². The monoisotopic (exact) mass is 414 g/mol. The molecule has 0 atom stereocenters. The van der Waals surface area contributed by atoms with Gasteiger partial charge in [0.15, 0.2) is 5.82 Å². The van der Waals surface area contributed by atoms with Crippen molar-refractivity contribution in [2.24, 2.45) is 0 Å². The number of carbonyl (C=O) groups is 2. The van der Waals surface area contributed by atoms with Crippen LogP contribution in [0, 0.1) is 6.92 Å². The maximum Gasteiger partial charge on any atom is 0.338 e. The SMILES string of the molecule is CCOC(=O)c1ccc(NC(=O)c2cnn(-c3ccc(C)cc3)c2-n2cccc2)cc1. The van der Waals surface area contributed by atoms with Gasteiger partial charge in [-0.1, -0.05) is 17.7 Å². The Labute approximate surface area is 179 Å². The van der Waals surface area contributed by atoms with Gasteiger partial charge in [0, 0.05) is 18.1 Å². The maximum atomic E-state index is 13.1. The predicted octanol–water partition coefficient (Wildman–Crippen LogP) is 4.40. The first-order valence-corrected chi connectivity index (χ1v) is 9.93. The standard InChI is InChI=1S/C24H22N4O3/c1-3-31-24(30)18-8-10-19(11-9-18)26-22(29)21-16-25-28(20-12-6-17(2)7-13-20)23(21)27-14-4-5-15-27/h4-16H,3H2,1-2H3,(H,26,29). The molecule has 0 radical (unpaired) electrons. The van der Waals surface area contributed by atoms with Crippen LogP contribution >= 0.6 is 0 Å². The highest BCUT2D eigenvalue weighted by Gasteiger charge is 2.20. The third kappa shape index (κ3) is 4.25. The van der Waals surface area contributed by atoms with Crippen LogP contribution in [0.3, 0.4) is 0 Å². The van der Waals surface area contributed by atoms with Gasteiger partial charge in [0.05, 0.1) is 24.1 Å². The minimum Gasteiger partial charge on any atom is -0.462 e. The van der Waals surface area contributed by atoms with Gasteiger partial charge in [0.1, 0.15) is 5.56 Å². The van der Waals surface area contributed by atoms with E-state index in [1.165, 1.54) is 0 Å². The van der Waals surface area contributed by atoms with Crippen molar-refractivity contribution in [2.75, 3.05) is 11.9 Å². The molecule has 1 amide bonds. The average Bonchev–Trinajstić information content (AvgIpc) is 3.45. The maximum absolute atomic E-state index is 13.1. The van der Waals surface area contributed by atoms with E-state index in [0.717, 1.165) is 11.3 Å². The molecule has 0 saturated heterocycles. The second-order valence-corrected chi connectivity index (χ2v) is 6.97. The molecule has 4 rings (SSSR count). The summed E-state index contributed by atoms with van der Waals surface area (Å²) in [5.41, 5.74) is 3.42. The molecule has 7 heteroatoms. The van der Waals surface area contributed by atoms with E-state index in [1.807, 2.05) is 60.3 Å². The summed E-state index contributed by atoms with van der Waals surface area (Å²) < 4.78 is 8.57. The van der Waals surface area contributed by atoms with Crippen LogP contribution in [-0.4, -0.2) is 32.8 Å². The zero-order valence-electron chi connectivity index (χ0n) is 17.3. The van der Waals surface area contributed by atoms with E-state index >= 15 is 0 Å². The van der Waals surface area contributed by atoms with Gasteiger partial charge in [-0.25, -0.2) is 9.48 Å². The van der Waals surface area contributed by atoms with Crippen molar-refractivity contribution in [2.45, 2.75) is 13.8 Å². The lowest BCUT2D eigenvalue weighted by atomic mass is 10.2. The van der Waals surface area contributed by atoms with Gasteiger partial charge in [-0.2, -0.15) is 5.10 Å². The normalized spacial score (nSPS) is 10.6. The van der Waals surface area contributed by atoms with Crippen molar-refractivity contribution in [3.05, 3.63) is 95.9 Å². The number of benzene rings is 2. The van der Waals surface area contributed by atoms with E-state index in [2.05, 4.69) is 10.4 Å². The number of amides is 1. The number of esters is 1. The van der Waals surface area contributed by atoms with E-state index in [1.54, 1.807) is 42.1 Å². The molecule has 156 valence electrons. The fourth-order valence-electron chi connectivity index (χ4n) is 3.20. The lowest BCUT2D eigenvalue weighted by molar-refractivity contribution is 0.0526. The third-order valence-corrected chi connectivity index (χ3v) is 4.77. The highest BCUT2D eigenvalue weighted by molar-refractivity contribution is 6.06. The van der Waals surface area contributed by atoms with Crippen molar-refractivity contribution in [1.29, 1.82) is 0 Å². The van der Waals surface area contributed by atoms with Crippen LogP contribution in [0.25, 0.3) is 11.5 Å². The molecule has 7 nitrogen and oxygen atoms in total. The van der Waals surface area contributed by atoms with Crippen molar-refractivity contribution in [1.82, 2.24) is 14.3 Å². The number of hydrogen-bond acceptors (Lipinski definition) is 4. The zero-order valence-corrected chi connectivity index (χ0v) is 17.3. The summed E-state index contributed by atoms with van der Waals surface area (Å²) in [6.45, 7) is 4.09. The number of nitrogens with zero attached hydrogens (tertiary/aromatic N) is 3. The van der Waals surface area contributed by atoms with E-state index in [4.69, 9.17) is 4.74 Å². The lowest BCUT2D eigenvalue weighted by Crippen LogP contribution is -2.15. The first kappa shape index (κ1) is 20.2. The van der Waals surface area contributed by atoms with Crippen LogP contribution in [0.15, 0.2) is 79.3 Å². The van der Waals surface area contributed by atoms with Gasteiger partial charge in [0.25, 0.3) is 5.91 Å². The Morgan fingerprint density at radius 1 is 1.00 bits per heavy atom. The van der Waals surface area contributed by atoms with Gasteiger partial charge in [-0.3, -0.25) is 4.79 Å². The summed E-state index contributed by atoms with van der Waals surface area (Å²) in [6, 6.07) is 18.3. The van der Waals surface area contributed by atoms with Crippen molar-refractivity contribution >= 4 is 17.6 Å². The molecule has 0 aliphatic rings. The van der Waals surface area contributed by atoms with Crippen LogP contribution in [0.5, 0.6) is 0 Å². The van der Waals surface area contributed by atoms with Crippen LogP contribution in [0.1, 0.15) is 33.2 Å². The van der Waals surface area contributed by atoms with E-state index in [9.17, 15) is 9.59 Å². The molecule has 0 unspecified atom stereocenters. The zero-order chi connectivity index (χ0) is 21.8. The number of rotatable bonds is 6. The van der Waals surface area contributed by atoms with Crippen molar-refractivity contribution < 1.29 is 14.3 Å². The molecule has 0 aliphatic carbocycles. The molecule has 31 heavy (non-hydrogen) atoms. The Hall–Kier alpha value is -4.13. The first-order chi connectivity index (χ1) is 15.1. The van der Waals surface area contributed by atoms with Crippen LogP contribution < -0.4 is 5.32 Å². The molecule has 2 aromatic heterocycles. The van der Waals surface area contributed by atoms with Gasteiger partial charge < -0.3 is 14.6 Å². The first-order valence-electron chi connectivity index (χ1n) is 9.93. The molecule has 0 aliphatic heterocycles. The molecule has 0 fully saturated rings. The minimum absolute atomic E-state index is 0.300. The second-order valence-electron chi connectivity index (χ2n) is 6.97. The minimum atomic E-state index is -0.394.